The van der Waals surface area contributed by atoms with Crippen LogP contribution in [0, 0.1) is 0 Å². The molecule has 0 aromatic rings. The summed E-state index contributed by atoms with van der Waals surface area (Å²) < 4.78 is 0. The van der Waals surface area contributed by atoms with Crippen molar-refractivity contribution < 1.29 is 0 Å². The molecular formula is C12H20. The van der Waals surface area contributed by atoms with Crippen molar-refractivity contribution in [1.82, 2.24) is 0 Å². The fourth-order valence-electron chi connectivity index (χ4n) is 0.926. The maximum Gasteiger partial charge on any atom is -0.0348 e. The molecule has 0 amide bonds. The number of allylic oxidation sites excluding steroid dienone is 6. The molecule has 0 N–H and O–H groups in total. The number of hydrogen-bond acceptors (Lipinski definition) is 0. The van der Waals surface area contributed by atoms with Crippen LogP contribution in [-0.4, -0.2) is 0 Å². The minimum Gasteiger partial charge on any atom is -0.0877 e. The standard InChI is InChI=1S/C12H20/c1-3-5-7-9-11-12-10-8-6-4-2/h3,5,7,9,11-12H,4,6,8,10H2,1-2H3/b5-3+,9-7+,12-11+. The van der Waals surface area contributed by atoms with Gasteiger partial charge in [0.2, 0.25) is 0 Å². The molecule has 0 aromatic heterocycles. The number of unbranched alkanes of at least 4 members (excludes halogenated alkanes) is 3. The van der Waals surface area contributed by atoms with Crippen LogP contribution in [0.1, 0.15) is 39.5 Å². The average Bonchev–Trinajstić information content (AvgIpc) is 2.10. The summed E-state index contributed by atoms with van der Waals surface area (Å²) in [6.45, 7) is 4.25. The van der Waals surface area contributed by atoms with Crippen molar-refractivity contribution in [1.29, 1.82) is 0 Å². The zero-order valence-corrected chi connectivity index (χ0v) is 8.29. The zero-order valence-electron chi connectivity index (χ0n) is 8.29. The quantitative estimate of drug-likeness (QED) is 0.406. The Morgan fingerprint density at radius 2 is 1.67 bits per heavy atom. The highest BCUT2D eigenvalue weighted by Crippen LogP contribution is 1.99. The third-order valence-electron chi connectivity index (χ3n) is 1.64. The highest BCUT2D eigenvalue weighted by atomic mass is 13.9. The lowest BCUT2D eigenvalue weighted by Gasteiger charge is -1.89. The molecule has 0 unspecified atom stereocenters. The Morgan fingerprint density at radius 3 is 2.33 bits per heavy atom. The van der Waals surface area contributed by atoms with E-state index in [0.29, 0.717) is 0 Å². The molecule has 0 aliphatic carbocycles. The third-order valence-corrected chi connectivity index (χ3v) is 1.64. The van der Waals surface area contributed by atoms with Gasteiger partial charge in [-0.3, -0.25) is 0 Å². The van der Waals surface area contributed by atoms with Crippen LogP contribution in [0.5, 0.6) is 0 Å². The maximum absolute atomic E-state index is 2.23. The molecule has 0 spiro atoms. The first kappa shape index (κ1) is 11.2. The fraction of sp³-hybridized carbons (Fsp3) is 0.500. The molecule has 0 radical (unpaired) electrons. The Balaban J connectivity index is 3.24. The minimum absolute atomic E-state index is 1.22. The van der Waals surface area contributed by atoms with Crippen LogP contribution < -0.4 is 0 Å². The molecule has 0 aliphatic rings. The number of hydrogen-bond donors (Lipinski definition) is 0. The average molecular weight is 164 g/mol. The Bertz CT molecular complexity index is 149. The largest absolute Gasteiger partial charge is 0.0877 e. The van der Waals surface area contributed by atoms with E-state index in [0.717, 1.165) is 0 Å². The SMILES string of the molecule is C/C=C/C=C/C=C/CCCCC. The van der Waals surface area contributed by atoms with Crippen molar-refractivity contribution >= 4 is 0 Å². The van der Waals surface area contributed by atoms with Gasteiger partial charge in [-0.2, -0.15) is 0 Å². The van der Waals surface area contributed by atoms with Gasteiger partial charge >= 0.3 is 0 Å². The van der Waals surface area contributed by atoms with Crippen LogP contribution in [0.4, 0.5) is 0 Å². The topological polar surface area (TPSA) is 0 Å². The van der Waals surface area contributed by atoms with Gasteiger partial charge in [0.15, 0.2) is 0 Å². The first-order valence-corrected chi connectivity index (χ1v) is 4.86. The van der Waals surface area contributed by atoms with Crippen molar-refractivity contribution in [2.45, 2.75) is 39.5 Å². The summed E-state index contributed by atoms with van der Waals surface area (Å²) in [6, 6.07) is 0. The van der Waals surface area contributed by atoms with E-state index in [9.17, 15) is 0 Å². The summed E-state index contributed by atoms with van der Waals surface area (Å²) in [5.41, 5.74) is 0. The molecular weight excluding hydrogens is 144 g/mol. The van der Waals surface area contributed by atoms with E-state index in [1.165, 1.54) is 25.7 Å². The molecule has 0 fully saturated rings. The molecule has 0 heterocycles. The van der Waals surface area contributed by atoms with Crippen LogP contribution >= 0.6 is 0 Å². The van der Waals surface area contributed by atoms with Gasteiger partial charge in [0.05, 0.1) is 0 Å². The smallest absolute Gasteiger partial charge is 0.0348 e. The molecule has 0 atom stereocenters. The molecule has 0 aliphatic heterocycles. The van der Waals surface area contributed by atoms with Gasteiger partial charge in [-0.1, -0.05) is 56.2 Å². The first-order valence-electron chi connectivity index (χ1n) is 4.86. The van der Waals surface area contributed by atoms with E-state index in [1.807, 2.05) is 19.1 Å². The fourth-order valence-corrected chi connectivity index (χ4v) is 0.926. The predicted molar refractivity (Wildman–Crippen MR) is 57.2 cm³/mol. The third kappa shape index (κ3) is 9.22. The normalized spacial score (nSPS) is 12.5. The molecule has 68 valence electrons. The van der Waals surface area contributed by atoms with E-state index in [-0.39, 0.29) is 0 Å². The van der Waals surface area contributed by atoms with Crippen molar-refractivity contribution in [2.75, 3.05) is 0 Å². The first-order chi connectivity index (χ1) is 5.91. The molecule has 0 saturated carbocycles. The highest BCUT2D eigenvalue weighted by Gasteiger charge is 1.79. The Kier molecular flexibility index (Phi) is 9.56. The molecule has 0 rings (SSSR count). The Hall–Kier alpha value is -0.780. The van der Waals surface area contributed by atoms with Crippen LogP contribution in [-0.2, 0) is 0 Å². The van der Waals surface area contributed by atoms with E-state index in [1.54, 1.807) is 0 Å². The van der Waals surface area contributed by atoms with Gasteiger partial charge in [0.1, 0.15) is 0 Å². The van der Waals surface area contributed by atoms with Crippen LogP contribution in [0.15, 0.2) is 36.5 Å². The summed E-state index contributed by atoms with van der Waals surface area (Å²) in [5, 5.41) is 0. The molecule has 0 aromatic carbocycles. The van der Waals surface area contributed by atoms with Crippen molar-refractivity contribution in [2.24, 2.45) is 0 Å². The maximum atomic E-state index is 2.23. The lowest BCUT2D eigenvalue weighted by molar-refractivity contribution is 0.729. The second-order valence-corrected chi connectivity index (χ2v) is 2.83. The monoisotopic (exact) mass is 164 g/mol. The zero-order chi connectivity index (χ0) is 9.07. The summed E-state index contributed by atoms with van der Waals surface area (Å²) in [4.78, 5) is 0. The molecule has 0 heteroatoms. The van der Waals surface area contributed by atoms with E-state index < -0.39 is 0 Å². The van der Waals surface area contributed by atoms with Gasteiger partial charge < -0.3 is 0 Å². The minimum atomic E-state index is 1.22. The van der Waals surface area contributed by atoms with Gasteiger partial charge in [-0.15, -0.1) is 0 Å². The second-order valence-electron chi connectivity index (χ2n) is 2.83. The second kappa shape index (κ2) is 10.2. The van der Waals surface area contributed by atoms with Crippen molar-refractivity contribution in [3.63, 3.8) is 0 Å². The van der Waals surface area contributed by atoms with Crippen molar-refractivity contribution in [3.05, 3.63) is 36.5 Å². The van der Waals surface area contributed by atoms with E-state index in [2.05, 4.69) is 31.2 Å². The van der Waals surface area contributed by atoms with E-state index >= 15 is 0 Å². The van der Waals surface area contributed by atoms with Crippen LogP contribution in [0.2, 0.25) is 0 Å². The predicted octanol–water partition coefficient (Wildman–Crippen LogP) is 4.26. The molecule has 0 saturated heterocycles. The summed E-state index contributed by atoms with van der Waals surface area (Å²) in [6.07, 6.45) is 17.7. The summed E-state index contributed by atoms with van der Waals surface area (Å²) in [7, 11) is 0. The molecule has 0 nitrogen and oxygen atoms in total. The van der Waals surface area contributed by atoms with Crippen LogP contribution in [0.25, 0.3) is 0 Å². The van der Waals surface area contributed by atoms with Gasteiger partial charge in [0.25, 0.3) is 0 Å². The summed E-state index contributed by atoms with van der Waals surface area (Å²) >= 11 is 0. The lowest BCUT2D eigenvalue weighted by Crippen LogP contribution is -1.69. The lowest BCUT2D eigenvalue weighted by atomic mass is 10.2. The number of rotatable bonds is 6. The van der Waals surface area contributed by atoms with Crippen LogP contribution in [0.3, 0.4) is 0 Å². The Morgan fingerprint density at radius 1 is 0.917 bits per heavy atom. The van der Waals surface area contributed by atoms with Crippen molar-refractivity contribution in [3.8, 4) is 0 Å². The Labute approximate surface area is 76.7 Å². The highest BCUT2D eigenvalue weighted by molar-refractivity contribution is 5.10. The summed E-state index contributed by atoms with van der Waals surface area (Å²) in [5.74, 6) is 0. The van der Waals surface area contributed by atoms with Gasteiger partial charge in [-0.25, -0.2) is 0 Å². The van der Waals surface area contributed by atoms with Gasteiger partial charge in [0, 0.05) is 0 Å². The van der Waals surface area contributed by atoms with Gasteiger partial charge in [-0.05, 0) is 19.8 Å². The molecule has 12 heavy (non-hydrogen) atoms. The van der Waals surface area contributed by atoms with E-state index in [4.69, 9.17) is 0 Å². The molecule has 0 bridgehead atoms.